The van der Waals surface area contributed by atoms with Crippen molar-refractivity contribution in [3.05, 3.63) is 28.8 Å². The fourth-order valence-corrected chi connectivity index (χ4v) is 1.83. The Labute approximate surface area is 103 Å². The minimum atomic E-state index is -1.11. The van der Waals surface area contributed by atoms with Crippen LogP contribution < -0.4 is 4.90 Å². The Morgan fingerprint density at radius 3 is 2.88 bits per heavy atom. The third kappa shape index (κ3) is 2.40. The van der Waals surface area contributed by atoms with Crippen LogP contribution in [0.25, 0.3) is 0 Å². The second-order valence-electron chi connectivity index (χ2n) is 3.57. The summed E-state index contributed by atoms with van der Waals surface area (Å²) in [5.74, 6) is -1.30. The average Bonchev–Trinajstić information content (AvgIpc) is 2.30. The van der Waals surface area contributed by atoms with Crippen molar-refractivity contribution in [2.45, 2.75) is 0 Å². The fourth-order valence-electron chi connectivity index (χ4n) is 1.64. The molecule has 90 valence electrons. The number of amides is 1. The zero-order valence-corrected chi connectivity index (χ0v) is 9.61. The van der Waals surface area contributed by atoms with Crippen LogP contribution in [-0.4, -0.2) is 36.7 Å². The number of nitrogens with zero attached hydrogens (tertiary/aromatic N) is 1. The second kappa shape index (κ2) is 4.73. The molecule has 1 saturated heterocycles. The predicted octanol–water partition coefficient (Wildman–Crippen LogP) is 1.40. The largest absolute Gasteiger partial charge is 0.478 e. The van der Waals surface area contributed by atoms with Crippen LogP contribution in [0.1, 0.15) is 10.4 Å². The van der Waals surface area contributed by atoms with E-state index in [0.717, 1.165) is 0 Å². The van der Waals surface area contributed by atoms with Crippen LogP contribution in [0.5, 0.6) is 0 Å². The van der Waals surface area contributed by atoms with Gasteiger partial charge >= 0.3 is 5.97 Å². The third-order valence-electron chi connectivity index (χ3n) is 2.48. The normalized spacial score (nSPS) is 16.1. The average molecular weight is 256 g/mol. The zero-order chi connectivity index (χ0) is 12.4. The monoisotopic (exact) mass is 255 g/mol. The maximum absolute atomic E-state index is 11.6. The summed E-state index contributed by atoms with van der Waals surface area (Å²) < 4.78 is 5.00. The zero-order valence-electron chi connectivity index (χ0n) is 8.85. The highest BCUT2D eigenvalue weighted by atomic mass is 35.5. The molecule has 0 radical (unpaired) electrons. The number of morpholine rings is 1. The SMILES string of the molecule is O=C(O)c1cc(N2CCOCC2=O)ccc1Cl. The van der Waals surface area contributed by atoms with Crippen LogP contribution in [0.3, 0.4) is 0 Å². The van der Waals surface area contributed by atoms with Gasteiger partial charge in [0, 0.05) is 12.2 Å². The number of carboxylic acid groups (broad SMARTS) is 1. The fraction of sp³-hybridized carbons (Fsp3) is 0.273. The van der Waals surface area contributed by atoms with E-state index in [1.165, 1.54) is 17.0 Å². The standard InChI is InChI=1S/C11H10ClNO4/c12-9-2-1-7(5-8(9)11(15)16)13-3-4-17-6-10(13)14/h1-2,5H,3-4,6H2,(H,15,16). The van der Waals surface area contributed by atoms with Crippen molar-refractivity contribution in [1.82, 2.24) is 0 Å². The molecule has 1 heterocycles. The lowest BCUT2D eigenvalue weighted by Crippen LogP contribution is -2.41. The van der Waals surface area contributed by atoms with Gasteiger partial charge in [0.1, 0.15) is 6.61 Å². The molecular weight excluding hydrogens is 246 g/mol. The molecular formula is C11H10ClNO4. The van der Waals surface area contributed by atoms with E-state index in [9.17, 15) is 9.59 Å². The number of benzene rings is 1. The molecule has 0 unspecified atom stereocenters. The topological polar surface area (TPSA) is 66.8 Å². The van der Waals surface area contributed by atoms with Crippen molar-refractivity contribution >= 4 is 29.2 Å². The molecule has 0 aliphatic carbocycles. The molecule has 0 saturated carbocycles. The number of anilines is 1. The van der Waals surface area contributed by atoms with Crippen molar-refractivity contribution in [2.24, 2.45) is 0 Å². The number of halogens is 1. The first-order valence-corrected chi connectivity index (χ1v) is 5.38. The van der Waals surface area contributed by atoms with Crippen LogP contribution in [0, 0.1) is 0 Å². The van der Waals surface area contributed by atoms with Crippen LogP contribution in [0.15, 0.2) is 18.2 Å². The minimum Gasteiger partial charge on any atom is -0.478 e. The summed E-state index contributed by atoms with van der Waals surface area (Å²) in [5.41, 5.74) is 0.517. The van der Waals surface area contributed by atoms with Gasteiger partial charge in [-0.25, -0.2) is 4.79 Å². The van der Waals surface area contributed by atoms with Crippen molar-refractivity contribution in [3.63, 3.8) is 0 Å². The van der Waals surface area contributed by atoms with Crippen LogP contribution in [0.2, 0.25) is 5.02 Å². The van der Waals surface area contributed by atoms with Crippen molar-refractivity contribution in [2.75, 3.05) is 24.7 Å². The van der Waals surface area contributed by atoms with E-state index >= 15 is 0 Å². The van der Waals surface area contributed by atoms with Gasteiger partial charge < -0.3 is 14.7 Å². The van der Waals surface area contributed by atoms with E-state index in [-0.39, 0.29) is 23.1 Å². The Kier molecular flexibility index (Phi) is 3.31. The number of ether oxygens (including phenoxy) is 1. The van der Waals surface area contributed by atoms with Gasteiger partial charge in [-0.05, 0) is 18.2 Å². The Balaban J connectivity index is 2.35. The first-order chi connectivity index (χ1) is 8.09. The number of carbonyl (C=O) groups is 2. The van der Waals surface area contributed by atoms with E-state index in [1.54, 1.807) is 6.07 Å². The summed E-state index contributed by atoms with van der Waals surface area (Å²) in [4.78, 5) is 24.0. The second-order valence-corrected chi connectivity index (χ2v) is 3.97. The highest BCUT2D eigenvalue weighted by Crippen LogP contribution is 2.24. The highest BCUT2D eigenvalue weighted by Gasteiger charge is 2.21. The molecule has 0 aromatic heterocycles. The summed E-state index contributed by atoms with van der Waals surface area (Å²) in [6.45, 7) is 0.876. The summed E-state index contributed by atoms with van der Waals surface area (Å²) in [6.07, 6.45) is 0. The van der Waals surface area contributed by atoms with Crippen LogP contribution in [0.4, 0.5) is 5.69 Å². The van der Waals surface area contributed by atoms with Gasteiger partial charge in [-0.1, -0.05) is 11.6 Å². The van der Waals surface area contributed by atoms with E-state index in [1.807, 2.05) is 0 Å². The van der Waals surface area contributed by atoms with Gasteiger partial charge in [-0.15, -0.1) is 0 Å². The van der Waals surface area contributed by atoms with E-state index in [4.69, 9.17) is 21.4 Å². The molecule has 1 aromatic carbocycles. The van der Waals surface area contributed by atoms with Crippen LogP contribution in [-0.2, 0) is 9.53 Å². The quantitative estimate of drug-likeness (QED) is 0.868. The molecule has 1 amide bonds. The Morgan fingerprint density at radius 2 is 2.24 bits per heavy atom. The molecule has 1 aromatic rings. The van der Waals surface area contributed by atoms with Gasteiger partial charge in [-0.3, -0.25) is 4.79 Å². The molecule has 0 bridgehead atoms. The molecule has 1 N–H and O–H groups in total. The number of carbonyl (C=O) groups excluding carboxylic acids is 1. The van der Waals surface area contributed by atoms with E-state index < -0.39 is 5.97 Å². The number of rotatable bonds is 2. The number of hydrogen-bond donors (Lipinski definition) is 1. The first-order valence-electron chi connectivity index (χ1n) is 5.00. The van der Waals surface area contributed by atoms with Crippen molar-refractivity contribution in [3.8, 4) is 0 Å². The molecule has 0 atom stereocenters. The molecule has 0 spiro atoms. The molecule has 6 heteroatoms. The van der Waals surface area contributed by atoms with Gasteiger partial charge in [0.05, 0.1) is 17.2 Å². The predicted molar refractivity (Wildman–Crippen MR) is 61.6 cm³/mol. The van der Waals surface area contributed by atoms with E-state index in [2.05, 4.69) is 0 Å². The van der Waals surface area contributed by atoms with Crippen LogP contribution >= 0.6 is 11.6 Å². The molecule has 2 rings (SSSR count). The maximum atomic E-state index is 11.6. The van der Waals surface area contributed by atoms with Crippen molar-refractivity contribution in [1.29, 1.82) is 0 Å². The van der Waals surface area contributed by atoms with Gasteiger partial charge in [0.15, 0.2) is 0 Å². The lowest BCUT2D eigenvalue weighted by Gasteiger charge is -2.27. The van der Waals surface area contributed by atoms with Gasteiger partial charge in [-0.2, -0.15) is 0 Å². The number of aromatic carboxylic acids is 1. The summed E-state index contributed by atoms with van der Waals surface area (Å²) in [6, 6.07) is 4.50. The highest BCUT2D eigenvalue weighted by molar-refractivity contribution is 6.33. The molecule has 17 heavy (non-hydrogen) atoms. The lowest BCUT2D eigenvalue weighted by atomic mass is 10.2. The lowest BCUT2D eigenvalue weighted by molar-refractivity contribution is -0.125. The molecule has 1 fully saturated rings. The van der Waals surface area contributed by atoms with E-state index in [0.29, 0.717) is 18.8 Å². The minimum absolute atomic E-state index is 0.0107. The maximum Gasteiger partial charge on any atom is 0.337 e. The number of hydrogen-bond acceptors (Lipinski definition) is 3. The van der Waals surface area contributed by atoms with Gasteiger partial charge in [0.25, 0.3) is 5.91 Å². The summed E-state index contributed by atoms with van der Waals surface area (Å²) in [5, 5.41) is 9.10. The Hall–Kier alpha value is -1.59. The van der Waals surface area contributed by atoms with Gasteiger partial charge in [0.2, 0.25) is 0 Å². The Bertz CT molecular complexity index is 475. The molecule has 1 aliphatic heterocycles. The Morgan fingerprint density at radius 1 is 1.47 bits per heavy atom. The van der Waals surface area contributed by atoms with Crippen molar-refractivity contribution < 1.29 is 19.4 Å². The molecule has 1 aliphatic rings. The first kappa shape index (κ1) is 11.9. The number of carboxylic acids is 1. The summed E-state index contributed by atoms with van der Waals surface area (Å²) in [7, 11) is 0. The smallest absolute Gasteiger partial charge is 0.337 e. The third-order valence-corrected chi connectivity index (χ3v) is 2.81. The summed E-state index contributed by atoms with van der Waals surface area (Å²) >= 11 is 5.76. The molecule has 5 nitrogen and oxygen atoms in total.